The molecular formula is C11H8F3NO2. The number of anilines is 1. The maximum absolute atomic E-state index is 12.1. The van der Waals surface area contributed by atoms with Crippen molar-refractivity contribution in [1.29, 1.82) is 0 Å². The van der Waals surface area contributed by atoms with Gasteiger partial charge in [-0.2, -0.15) is 13.2 Å². The van der Waals surface area contributed by atoms with E-state index < -0.39 is 23.4 Å². The molecule has 0 bridgehead atoms. The molecule has 90 valence electrons. The Morgan fingerprint density at radius 1 is 1.29 bits per heavy atom. The van der Waals surface area contributed by atoms with Crippen LogP contribution >= 0.6 is 0 Å². The van der Waals surface area contributed by atoms with E-state index in [2.05, 4.69) is 11.9 Å². The quantitative estimate of drug-likeness (QED) is 0.655. The van der Waals surface area contributed by atoms with Gasteiger partial charge in [-0.15, -0.1) is 0 Å². The summed E-state index contributed by atoms with van der Waals surface area (Å²) >= 11 is 0. The first-order chi connectivity index (χ1) is 7.84. The van der Waals surface area contributed by atoms with E-state index in [1.807, 2.05) is 0 Å². The predicted octanol–water partition coefficient (Wildman–Crippen LogP) is 2.56. The summed E-state index contributed by atoms with van der Waals surface area (Å²) in [6.07, 6.45) is -3.96. The molecule has 17 heavy (non-hydrogen) atoms. The average Bonchev–Trinajstić information content (AvgIpc) is 2.27. The van der Waals surface area contributed by atoms with E-state index in [1.165, 1.54) is 12.1 Å². The number of rotatable bonds is 3. The fourth-order valence-electron chi connectivity index (χ4n) is 1.10. The highest BCUT2D eigenvalue weighted by Gasteiger charge is 2.39. The van der Waals surface area contributed by atoms with E-state index in [4.69, 9.17) is 0 Å². The molecule has 1 N–H and O–H groups in total. The Kier molecular flexibility index (Phi) is 3.67. The Morgan fingerprint density at radius 3 is 2.47 bits per heavy atom. The largest absolute Gasteiger partial charge is 0.454 e. The van der Waals surface area contributed by atoms with Crippen molar-refractivity contribution < 1.29 is 22.8 Å². The molecule has 0 heterocycles. The lowest BCUT2D eigenvalue weighted by atomic mass is 10.1. The van der Waals surface area contributed by atoms with Gasteiger partial charge >= 0.3 is 6.18 Å². The van der Waals surface area contributed by atoms with Gasteiger partial charge in [-0.3, -0.25) is 9.59 Å². The number of hydrogen-bond donors (Lipinski definition) is 1. The average molecular weight is 243 g/mol. The van der Waals surface area contributed by atoms with Gasteiger partial charge in [0.25, 0.3) is 5.78 Å². The SMILES string of the molecule is C=CC(=O)Nc1cccc(C(=O)C(F)(F)F)c1. The Bertz CT molecular complexity index is 466. The Hall–Kier alpha value is -2.11. The van der Waals surface area contributed by atoms with E-state index in [-0.39, 0.29) is 5.69 Å². The van der Waals surface area contributed by atoms with Gasteiger partial charge in [0.05, 0.1) is 0 Å². The molecule has 1 aromatic carbocycles. The minimum atomic E-state index is -4.93. The standard InChI is InChI=1S/C11H8F3NO2/c1-2-9(16)15-8-5-3-4-7(6-8)10(17)11(12,13)14/h2-6H,1H2,(H,15,16). The molecule has 0 saturated heterocycles. The first-order valence-electron chi connectivity index (χ1n) is 4.49. The molecule has 1 rings (SSSR count). The van der Waals surface area contributed by atoms with Crippen molar-refractivity contribution in [1.82, 2.24) is 0 Å². The predicted molar refractivity (Wildman–Crippen MR) is 55.7 cm³/mol. The second-order valence-electron chi connectivity index (χ2n) is 3.10. The van der Waals surface area contributed by atoms with Gasteiger partial charge in [0, 0.05) is 11.3 Å². The van der Waals surface area contributed by atoms with Crippen LogP contribution in [0.4, 0.5) is 18.9 Å². The Labute approximate surface area is 94.9 Å². The number of alkyl halides is 3. The Morgan fingerprint density at radius 2 is 1.94 bits per heavy atom. The van der Waals surface area contributed by atoms with Gasteiger partial charge in [0.2, 0.25) is 5.91 Å². The number of benzene rings is 1. The van der Waals surface area contributed by atoms with Crippen molar-refractivity contribution >= 4 is 17.4 Å². The molecule has 1 aromatic rings. The van der Waals surface area contributed by atoms with Crippen LogP contribution in [-0.2, 0) is 4.79 Å². The van der Waals surface area contributed by atoms with Crippen LogP contribution in [0.5, 0.6) is 0 Å². The van der Waals surface area contributed by atoms with Crippen LogP contribution in [-0.4, -0.2) is 17.9 Å². The van der Waals surface area contributed by atoms with Gasteiger partial charge in [0.1, 0.15) is 0 Å². The molecule has 0 unspecified atom stereocenters. The van der Waals surface area contributed by atoms with Crippen molar-refractivity contribution in [2.24, 2.45) is 0 Å². The third-order valence-electron chi connectivity index (χ3n) is 1.84. The third kappa shape index (κ3) is 3.44. The van der Waals surface area contributed by atoms with Gasteiger partial charge in [-0.05, 0) is 18.2 Å². The lowest BCUT2D eigenvalue weighted by molar-refractivity contribution is -0.111. The summed E-state index contributed by atoms with van der Waals surface area (Å²) in [5.74, 6) is -2.52. The maximum Gasteiger partial charge on any atom is 0.454 e. The number of halogens is 3. The number of carbonyl (C=O) groups excluding carboxylic acids is 2. The van der Waals surface area contributed by atoms with Crippen LogP contribution < -0.4 is 5.32 Å². The number of Topliss-reactive ketones (excluding diaryl/α,β-unsaturated/α-hetero) is 1. The molecule has 0 saturated carbocycles. The molecule has 0 radical (unpaired) electrons. The minimum Gasteiger partial charge on any atom is -0.323 e. The molecule has 0 aliphatic rings. The van der Waals surface area contributed by atoms with Crippen molar-refractivity contribution in [3.63, 3.8) is 0 Å². The van der Waals surface area contributed by atoms with Crippen LogP contribution in [0.15, 0.2) is 36.9 Å². The van der Waals surface area contributed by atoms with Gasteiger partial charge in [0.15, 0.2) is 0 Å². The van der Waals surface area contributed by atoms with Crippen LogP contribution in [0, 0.1) is 0 Å². The first kappa shape index (κ1) is 13.0. The van der Waals surface area contributed by atoms with Crippen LogP contribution in [0.2, 0.25) is 0 Å². The summed E-state index contributed by atoms with van der Waals surface area (Å²) < 4.78 is 36.4. The normalized spacial score (nSPS) is 10.8. The minimum absolute atomic E-state index is 0.102. The van der Waals surface area contributed by atoms with Crippen molar-refractivity contribution in [3.8, 4) is 0 Å². The molecule has 0 aromatic heterocycles. The molecule has 3 nitrogen and oxygen atoms in total. The number of nitrogens with one attached hydrogen (secondary N) is 1. The van der Waals surface area contributed by atoms with E-state index in [0.29, 0.717) is 0 Å². The number of hydrogen-bond acceptors (Lipinski definition) is 2. The lowest BCUT2D eigenvalue weighted by Gasteiger charge is -2.07. The molecule has 0 atom stereocenters. The zero-order chi connectivity index (χ0) is 13.1. The van der Waals surface area contributed by atoms with Gasteiger partial charge in [-0.1, -0.05) is 18.7 Å². The molecule has 0 aliphatic carbocycles. The lowest BCUT2D eigenvalue weighted by Crippen LogP contribution is -2.22. The van der Waals surface area contributed by atoms with Crippen LogP contribution in [0.1, 0.15) is 10.4 Å². The molecule has 6 heteroatoms. The zero-order valence-corrected chi connectivity index (χ0v) is 8.54. The zero-order valence-electron chi connectivity index (χ0n) is 8.54. The highest BCUT2D eigenvalue weighted by atomic mass is 19.4. The summed E-state index contributed by atoms with van der Waals surface area (Å²) in [6, 6.07) is 4.60. The molecule has 0 aliphatic heterocycles. The van der Waals surface area contributed by atoms with E-state index in [0.717, 1.165) is 18.2 Å². The summed E-state index contributed by atoms with van der Waals surface area (Å²) in [6.45, 7) is 3.19. The van der Waals surface area contributed by atoms with Crippen molar-refractivity contribution in [3.05, 3.63) is 42.5 Å². The fraction of sp³-hybridized carbons (Fsp3) is 0.0909. The fourth-order valence-corrected chi connectivity index (χ4v) is 1.10. The molecule has 1 amide bonds. The number of carbonyl (C=O) groups is 2. The highest BCUT2D eigenvalue weighted by Crippen LogP contribution is 2.23. The first-order valence-corrected chi connectivity index (χ1v) is 4.49. The van der Waals surface area contributed by atoms with Crippen LogP contribution in [0.25, 0.3) is 0 Å². The third-order valence-corrected chi connectivity index (χ3v) is 1.84. The molecular weight excluding hydrogens is 235 g/mol. The van der Waals surface area contributed by atoms with Crippen molar-refractivity contribution in [2.45, 2.75) is 6.18 Å². The second-order valence-corrected chi connectivity index (χ2v) is 3.10. The van der Waals surface area contributed by atoms with Crippen LogP contribution in [0.3, 0.4) is 0 Å². The summed E-state index contributed by atoms with van der Waals surface area (Å²) in [5.41, 5.74) is -0.427. The highest BCUT2D eigenvalue weighted by molar-refractivity contribution is 6.03. The van der Waals surface area contributed by atoms with Crippen molar-refractivity contribution in [2.75, 3.05) is 5.32 Å². The summed E-state index contributed by atoms with van der Waals surface area (Å²) in [7, 11) is 0. The summed E-state index contributed by atoms with van der Waals surface area (Å²) in [4.78, 5) is 21.8. The second kappa shape index (κ2) is 4.82. The Balaban J connectivity index is 2.97. The smallest absolute Gasteiger partial charge is 0.323 e. The number of amides is 1. The monoisotopic (exact) mass is 243 g/mol. The van der Waals surface area contributed by atoms with Gasteiger partial charge in [-0.25, -0.2) is 0 Å². The van der Waals surface area contributed by atoms with E-state index >= 15 is 0 Å². The number of ketones is 1. The molecule has 0 spiro atoms. The maximum atomic E-state index is 12.1. The summed E-state index contributed by atoms with van der Waals surface area (Å²) in [5, 5.41) is 2.26. The molecule has 0 fully saturated rings. The topological polar surface area (TPSA) is 46.2 Å². The van der Waals surface area contributed by atoms with Gasteiger partial charge < -0.3 is 5.32 Å². The van der Waals surface area contributed by atoms with E-state index in [1.54, 1.807) is 0 Å². The van der Waals surface area contributed by atoms with E-state index in [9.17, 15) is 22.8 Å².